The summed E-state index contributed by atoms with van der Waals surface area (Å²) in [6.07, 6.45) is 0. The van der Waals surface area contributed by atoms with Crippen molar-refractivity contribution in [2.24, 2.45) is 0 Å². The first-order valence-electron chi connectivity index (χ1n) is 4.68. The number of carboxylic acids is 1. The standard InChI is InChI=1S/C10H9NO5S.CH4/c12-10(13)9-6-3-1-2-4-7(6)11-5-8(9)17(14,15)16;/h1-4,11H,5H2,(H,12,13)(H,14,15,16);1H4. The van der Waals surface area contributed by atoms with E-state index in [0.717, 1.165) is 0 Å². The van der Waals surface area contributed by atoms with Crippen molar-refractivity contribution in [1.29, 1.82) is 0 Å². The van der Waals surface area contributed by atoms with Crippen LogP contribution in [-0.2, 0) is 14.9 Å². The van der Waals surface area contributed by atoms with Gasteiger partial charge in [-0.15, -0.1) is 0 Å². The molecule has 0 amide bonds. The molecule has 3 N–H and O–H groups in total. The van der Waals surface area contributed by atoms with Crippen LogP contribution in [0.15, 0.2) is 29.2 Å². The van der Waals surface area contributed by atoms with Gasteiger partial charge in [0.2, 0.25) is 0 Å². The van der Waals surface area contributed by atoms with Crippen LogP contribution in [0.4, 0.5) is 5.69 Å². The minimum Gasteiger partial charge on any atom is -0.478 e. The third-order valence-corrected chi connectivity index (χ3v) is 3.41. The highest BCUT2D eigenvalue weighted by atomic mass is 32.2. The van der Waals surface area contributed by atoms with E-state index in [0.29, 0.717) is 5.69 Å². The molecular formula is C11H13NO5S. The van der Waals surface area contributed by atoms with Crippen LogP contribution in [0.1, 0.15) is 13.0 Å². The fourth-order valence-electron chi connectivity index (χ4n) is 1.72. The molecule has 1 aromatic carbocycles. The summed E-state index contributed by atoms with van der Waals surface area (Å²) in [6, 6.07) is 6.41. The van der Waals surface area contributed by atoms with Gasteiger partial charge in [0.25, 0.3) is 10.1 Å². The van der Waals surface area contributed by atoms with Crippen molar-refractivity contribution >= 4 is 27.3 Å². The van der Waals surface area contributed by atoms with E-state index in [2.05, 4.69) is 5.32 Å². The smallest absolute Gasteiger partial charge is 0.337 e. The lowest BCUT2D eigenvalue weighted by Gasteiger charge is -2.20. The first-order chi connectivity index (χ1) is 7.91. The largest absolute Gasteiger partial charge is 0.478 e. The molecule has 0 radical (unpaired) electrons. The molecule has 2 rings (SSSR count). The molecule has 0 saturated carbocycles. The Balaban J connectivity index is 0.00000162. The van der Waals surface area contributed by atoms with E-state index in [-0.39, 0.29) is 25.1 Å². The van der Waals surface area contributed by atoms with Crippen LogP contribution in [0, 0.1) is 0 Å². The Morgan fingerprint density at radius 2 is 1.89 bits per heavy atom. The predicted molar refractivity (Wildman–Crippen MR) is 67.8 cm³/mol. The van der Waals surface area contributed by atoms with E-state index < -0.39 is 21.0 Å². The van der Waals surface area contributed by atoms with Gasteiger partial charge in [-0.25, -0.2) is 4.79 Å². The molecule has 1 aromatic rings. The normalized spacial score (nSPS) is 14.3. The minimum absolute atomic E-state index is 0. The molecule has 0 saturated heterocycles. The summed E-state index contributed by atoms with van der Waals surface area (Å²) >= 11 is 0. The molecule has 0 aromatic heterocycles. The summed E-state index contributed by atoms with van der Waals surface area (Å²) in [5, 5.41) is 11.8. The summed E-state index contributed by atoms with van der Waals surface area (Å²) in [5.41, 5.74) is 0.387. The van der Waals surface area contributed by atoms with Crippen LogP contribution >= 0.6 is 0 Å². The highest BCUT2D eigenvalue weighted by Gasteiger charge is 2.30. The fraction of sp³-hybridized carbons (Fsp3) is 0.182. The molecule has 0 bridgehead atoms. The van der Waals surface area contributed by atoms with E-state index in [1.165, 1.54) is 6.07 Å². The Kier molecular flexibility index (Phi) is 3.78. The third kappa shape index (κ3) is 2.36. The van der Waals surface area contributed by atoms with Crippen LogP contribution in [0.3, 0.4) is 0 Å². The monoisotopic (exact) mass is 271 g/mol. The van der Waals surface area contributed by atoms with E-state index in [1.54, 1.807) is 18.2 Å². The summed E-state index contributed by atoms with van der Waals surface area (Å²) in [4.78, 5) is 10.6. The lowest BCUT2D eigenvalue weighted by atomic mass is 10.0. The first-order valence-corrected chi connectivity index (χ1v) is 6.12. The van der Waals surface area contributed by atoms with Crippen molar-refractivity contribution < 1.29 is 22.9 Å². The van der Waals surface area contributed by atoms with Crippen molar-refractivity contribution in [1.82, 2.24) is 0 Å². The van der Waals surface area contributed by atoms with Crippen molar-refractivity contribution in [3.8, 4) is 0 Å². The zero-order valence-electron chi connectivity index (χ0n) is 8.54. The van der Waals surface area contributed by atoms with Gasteiger partial charge in [0.15, 0.2) is 0 Å². The summed E-state index contributed by atoms with van der Waals surface area (Å²) in [5.74, 6) is -1.38. The van der Waals surface area contributed by atoms with Gasteiger partial charge < -0.3 is 10.4 Å². The molecule has 0 unspecified atom stereocenters. The Hall–Kier alpha value is -1.86. The van der Waals surface area contributed by atoms with Gasteiger partial charge in [0, 0.05) is 11.3 Å². The van der Waals surface area contributed by atoms with E-state index >= 15 is 0 Å². The van der Waals surface area contributed by atoms with Crippen molar-refractivity contribution in [2.75, 3.05) is 11.9 Å². The SMILES string of the molecule is C.O=C(O)C1=C(S(=O)(=O)O)CNc2ccccc21. The maximum atomic E-state index is 11.1. The van der Waals surface area contributed by atoms with Gasteiger partial charge in [-0.3, -0.25) is 4.55 Å². The first kappa shape index (κ1) is 14.2. The van der Waals surface area contributed by atoms with Gasteiger partial charge in [0.05, 0.1) is 12.1 Å². The van der Waals surface area contributed by atoms with E-state index in [9.17, 15) is 13.2 Å². The Morgan fingerprint density at radius 1 is 1.28 bits per heavy atom. The predicted octanol–water partition coefficient (Wildman–Crippen LogP) is 1.43. The topological polar surface area (TPSA) is 104 Å². The second kappa shape index (κ2) is 4.79. The maximum Gasteiger partial charge on any atom is 0.337 e. The van der Waals surface area contributed by atoms with Crippen molar-refractivity contribution in [2.45, 2.75) is 7.43 Å². The number of rotatable bonds is 2. The molecule has 1 aliphatic rings. The zero-order valence-corrected chi connectivity index (χ0v) is 9.36. The summed E-state index contributed by atoms with van der Waals surface area (Å²) in [7, 11) is -4.53. The molecule has 0 atom stereocenters. The fourth-order valence-corrected chi connectivity index (χ4v) is 2.43. The highest BCUT2D eigenvalue weighted by Crippen LogP contribution is 2.32. The van der Waals surface area contributed by atoms with Gasteiger partial charge in [0.1, 0.15) is 4.91 Å². The number of anilines is 1. The Bertz CT molecular complexity index is 618. The number of nitrogens with one attached hydrogen (secondary N) is 1. The van der Waals surface area contributed by atoms with Crippen LogP contribution < -0.4 is 5.32 Å². The van der Waals surface area contributed by atoms with Gasteiger partial charge in [-0.05, 0) is 6.07 Å². The third-order valence-electron chi connectivity index (χ3n) is 2.44. The van der Waals surface area contributed by atoms with Gasteiger partial charge in [-0.1, -0.05) is 25.6 Å². The average Bonchev–Trinajstić information content (AvgIpc) is 2.26. The number of hydrogen-bond acceptors (Lipinski definition) is 4. The number of benzene rings is 1. The van der Waals surface area contributed by atoms with Gasteiger partial charge >= 0.3 is 5.97 Å². The van der Waals surface area contributed by atoms with Crippen LogP contribution in [0.2, 0.25) is 0 Å². The molecule has 7 heteroatoms. The van der Waals surface area contributed by atoms with Crippen molar-refractivity contribution in [3.05, 3.63) is 34.7 Å². The number of aliphatic carboxylic acids is 1. The van der Waals surface area contributed by atoms with E-state index in [4.69, 9.17) is 9.66 Å². The van der Waals surface area contributed by atoms with Crippen molar-refractivity contribution in [3.63, 3.8) is 0 Å². The second-order valence-corrected chi connectivity index (χ2v) is 4.92. The molecular weight excluding hydrogens is 258 g/mol. The summed E-state index contributed by atoms with van der Waals surface area (Å²) in [6.45, 7) is -0.239. The molecule has 1 heterocycles. The molecule has 98 valence electrons. The zero-order chi connectivity index (χ0) is 12.6. The second-order valence-electron chi connectivity index (χ2n) is 3.48. The lowest BCUT2D eigenvalue weighted by molar-refractivity contribution is -0.130. The maximum absolute atomic E-state index is 11.1. The molecule has 18 heavy (non-hydrogen) atoms. The van der Waals surface area contributed by atoms with E-state index in [1.807, 2.05) is 0 Å². The molecule has 6 nitrogen and oxygen atoms in total. The quantitative estimate of drug-likeness (QED) is 0.703. The molecule has 0 aliphatic carbocycles. The lowest BCUT2D eigenvalue weighted by Crippen LogP contribution is -2.23. The Morgan fingerprint density at radius 3 is 2.44 bits per heavy atom. The average molecular weight is 271 g/mol. The van der Waals surface area contributed by atoms with Crippen LogP contribution in [0.5, 0.6) is 0 Å². The number of carboxylic acid groups (broad SMARTS) is 1. The van der Waals surface area contributed by atoms with Gasteiger partial charge in [-0.2, -0.15) is 8.42 Å². The molecule has 0 fully saturated rings. The number of fused-ring (bicyclic) bond motifs is 1. The number of para-hydroxylation sites is 1. The highest BCUT2D eigenvalue weighted by molar-refractivity contribution is 7.90. The minimum atomic E-state index is -4.53. The molecule has 1 aliphatic heterocycles. The molecule has 0 spiro atoms. The Labute approximate surface area is 105 Å². The number of carbonyl (C=O) groups is 1. The number of hydrogen-bond donors (Lipinski definition) is 3. The van der Waals surface area contributed by atoms with Crippen LogP contribution in [-0.4, -0.2) is 30.6 Å². The summed E-state index contributed by atoms with van der Waals surface area (Å²) < 4.78 is 31.2. The van der Waals surface area contributed by atoms with Crippen LogP contribution in [0.25, 0.3) is 5.57 Å².